The second-order valence-corrected chi connectivity index (χ2v) is 7.95. The second-order valence-electron chi connectivity index (χ2n) is 6.87. The molecule has 4 heterocycles. The molecule has 6 rings (SSSR count). The van der Waals surface area contributed by atoms with Crippen LogP contribution in [0.5, 0.6) is 11.5 Å². The molecule has 6 nitrogen and oxygen atoms in total. The van der Waals surface area contributed by atoms with Gasteiger partial charge in [0.05, 0.1) is 5.39 Å². The number of aromatic nitrogens is 3. The Kier molecular flexibility index (Phi) is 3.49. The maximum absolute atomic E-state index is 5.52. The minimum Gasteiger partial charge on any atom is -0.454 e. The van der Waals surface area contributed by atoms with Crippen LogP contribution in [0.3, 0.4) is 0 Å². The predicted molar refractivity (Wildman–Crippen MR) is 109 cm³/mol. The lowest BCUT2D eigenvalue weighted by Gasteiger charge is -2.11. The summed E-state index contributed by atoms with van der Waals surface area (Å²) < 4.78 is 10.9. The largest absolute Gasteiger partial charge is 0.454 e. The van der Waals surface area contributed by atoms with Crippen molar-refractivity contribution in [2.45, 2.75) is 19.3 Å². The van der Waals surface area contributed by atoms with Crippen LogP contribution in [0, 0.1) is 0 Å². The minimum absolute atomic E-state index is 0.264. The minimum atomic E-state index is 0.264. The van der Waals surface area contributed by atoms with Crippen LogP contribution in [0.25, 0.3) is 21.6 Å². The Balaban J connectivity index is 1.51. The van der Waals surface area contributed by atoms with Gasteiger partial charge >= 0.3 is 0 Å². The summed E-state index contributed by atoms with van der Waals surface area (Å²) in [6, 6.07) is 9.75. The van der Waals surface area contributed by atoms with E-state index in [1.807, 2.05) is 30.3 Å². The normalized spacial score (nSPS) is 14.4. The third-order valence-electron chi connectivity index (χ3n) is 5.12. The topological polar surface area (TPSA) is 69.2 Å². The summed E-state index contributed by atoms with van der Waals surface area (Å²) >= 11 is 1.78. The van der Waals surface area contributed by atoms with Gasteiger partial charge in [-0.2, -0.15) is 0 Å². The van der Waals surface area contributed by atoms with E-state index >= 15 is 0 Å². The maximum atomic E-state index is 5.52. The molecule has 0 spiro atoms. The SMILES string of the molecule is c1cncc(-c2nc(Nc3ccc4c(c3)OCO4)c3c4c(sc3n2)CCC4)c1. The highest BCUT2D eigenvalue weighted by Crippen LogP contribution is 2.42. The Morgan fingerprint density at radius 1 is 1.04 bits per heavy atom. The smallest absolute Gasteiger partial charge is 0.231 e. The quantitative estimate of drug-likeness (QED) is 0.548. The molecule has 4 aromatic rings. The van der Waals surface area contributed by atoms with Crippen molar-refractivity contribution >= 4 is 33.1 Å². The van der Waals surface area contributed by atoms with Crippen molar-refractivity contribution in [1.29, 1.82) is 0 Å². The molecule has 1 N–H and O–H groups in total. The van der Waals surface area contributed by atoms with Crippen molar-refractivity contribution in [2.75, 3.05) is 12.1 Å². The molecule has 0 saturated heterocycles. The Morgan fingerprint density at radius 3 is 2.93 bits per heavy atom. The third kappa shape index (κ3) is 2.51. The Morgan fingerprint density at radius 2 is 2.00 bits per heavy atom. The number of anilines is 2. The molecule has 0 fully saturated rings. The van der Waals surface area contributed by atoms with Gasteiger partial charge in [-0.1, -0.05) is 0 Å². The van der Waals surface area contributed by atoms with Gasteiger partial charge in [0.1, 0.15) is 10.6 Å². The molecule has 0 amide bonds. The standard InChI is InChI=1S/C21H16N4O2S/c1-4-14-17(5-1)28-21-18(14)20(24-19(25-21)12-3-2-8-22-10-12)23-13-6-7-15-16(9-13)27-11-26-15/h2-3,6-10H,1,4-5,11H2,(H,23,24,25). The average Bonchev–Trinajstić information content (AvgIpc) is 3.43. The zero-order valence-electron chi connectivity index (χ0n) is 14.9. The first-order valence-electron chi connectivity index (χ1n) is 9.24. The van der Waals surface area contributed by atoms with E-state index < -0.39 is 0 Å². The third-order valence-corrected chi connectivity index (χ3v) is 6.31. The Labute approximate surface area is 165 Å². The summed E-state index contributed by atoms with van der Waals surface area (Å²) in [4.78, 5) is 16.4. The Bertz CT molecular complexity index is 1210. The highest BCUT2D eigenvalue weighted by molar-refractivity contribution is 7.19. The van der Waals surface area contributed by atoms with Gasteiger partial charge in [0.2, 0.25) is 6.79 Å². The monoisotopic (exact) mass is 388 g/mol. The number of nitrogens with one attached hydrogen (secondary N) is 1. The molecule has 2 aliphatic rings. The van der Waals surface area contributed by atoms with E-state index in [0.717, 1.165) is 51.6 Å². The average molecular weight is 388 g/mol. The van der Waals surface area contributed by atoms with E-state index in [2.05, 4.69) is 10.3 Å². The molecule has 7 heteroatoms. The molecule has 0 saturated carbocycles. The molecule has 0 atom stereocenters. The van der Waals surface area contributed by atoms with Crippen LogP contribution in [0.15, 0.2) is 42.7 Å². The molecule has 1 aliphatic carbocycles. The molecule has 138 valence electrons. The lowest BCUT2D eigenvalue weighted by atomic mass is 10.1. The van der Waals surface area contributed by atoms with Crippen LogP contribution in [-0.4, -0.2) is 21.7 Å². The second kappa shape index (κ2) is 6.17. The van der Waals surface area contributed by atoms with Gasteiger partial charge < -0.3 is 14.8 Å². The molecule has 0 radical (unpaired) electrons. The molecular weight excluding hydrogens is 372 g/mol. The van der Waals surface area contributed by atoms with E-state index in [9.17, 15) is 0 Å². The van der Waals surface area contributed by atoms with Crippen molar-refractivity contribution < 1.29 is 9.47 Å². The zero-order chi connectivity index (χ0) is 18.5. The zero-order valence-corrected chi connectivity index (χ0v) is 15.8. The van der Waals surface area contributed by atoms with Crippen molar-refractivity contribution in [3.8, 4) is 22.9 Å². The van der Waals surface area contributed by atoms with Gasteiger partial charge in [-0.05, 0) is 49.1 Å². The number of thiophene rings is 1. The number of fused-ring (bicyclic) bond motifs is 4. The molecule has 28 heavy (non-hydrogen) atoms. The van der Waals surface area contributed by atoms with Crippen molar-refractivity contribution in [2.24, 2.45) is 0 Å². The number of nitrogens with zero attached hydrogens (tertiary/aromatic N) is 3. The predicted octanol–water partition coefficient (Wildman–Crippen LogP) is 4.71. The maximum Gasteiger partial charge on any atom is 0.231 e. The van der Waals surface area contributed by atoms with Crippen LogP contribution in [0.2, 0.25) is 0 Å². The summed E-state index contributed by atoms with van der Waals surface area (Å²) in [6.07, 6.45) is 6.97. The van der Waals surface area contributed by atoms with Gasteiger partial charge in [-0.3, -0.25) is 4.98 Å². The summed E-state index contributed by atoms with van der Waals surface area (Å²) in [5.74, 6) is 3.04. The van der Waals surface area contributed by atoms with Crippen LogP contribution in [0.4, 0.5) is 11.5 Å². The number of hydrogen-bond donors (Lipinski definition) is 1. The first kappa shape index (κ1) is 15.8. The lowest BCUT2D eigenvalue weighted by molar-refractivity contribution is 0.174. The van der Waals surface area contributed by atoms with Crippen molar-refractivity contribution in [3.63, 3.8) is 0 Å². The van der Waals surface area contributed by atoms with Crippen molar-refractivity contribution in [3.05, 3.63) is 53.2 Å². The van der Waals surface area contributed by atoms with E-state index in [-0.39, 0.29) is 6.79 Å². The molecule has 0 unspecified atom stereocenters. The fraction of sp³-hybridized carbons (Fsp3) is 0.190. The van der Waals surface area contributed by atoms with Crippen LogP contribution in [-0.2, 0) is 12.8 Å². The van der Waals surface area contributed by atoms with E-state index in [4.69, 9.17) is 19.4 Å². The van der Waals surface area contributed by atoms with E-state index in [0.29, 0.717) is 5.82 Å². The summed E-state index contributed by atoms with van der Waals surface area (Å²) in [7, 11) is 0. The lowest BCUT2D eigenvalue weighted by Crippen LogP contribution is -1.99. The van der Waals surface area contributed by atoms with E-state index in [1.165, 1.54) is 16.9 Å². The number of pyridine rings is 1. The van der Waals surface area contributed by atoms with Crippen LogP contribution >= 0.6 is 11.3 Å². The van der Waals surface area contributed by atoms with Gasteiger partial charge in [-0.15, -0.1) is 11.3 Å². The number of aryl methyl sites for hydroxylation is 2. The number of rotatable bonds is 3. The first-order valence-corrected chi connectivity index (χ1v) is 10.1. The first-order chi connectivity index (χ1) is 13.8. The van der Waals surface area contributed by atoms with Crippen molar-refractivity contribution in [1.82, 2.24) is 15.0 Å². The van der Waals surface area contributed by atoms with Gasteiger partial charge in [0.15, 0.2) is 17.3 Å². The van der Waals surface area contributed by atoms with Crippen LogP contribution in [0.1, 0.15) is 16.9 Å². The summed E-state index contributed by atoms with van der Waals surface area (Å²) in [5.41, 5.74) is 3.21. The van der Waals surface area contributed by atoms with Gasteiger partial charge in [0.25, 0.3) is 0 Å². The van der Waals surface area contributed by atoms with Gasteiger partial charge in [-0.25, -0.2) is 9.97 Å². The number of ether oxygens (including phenoxy) is 2. The van der Waals surface area contributed by atoms with E-state index in [1.54, 1.807) is 23.7 Å². The fourth-order valence-electron chi connectivity index (χ4n) is 3.82. The molecule has 0 bridgehead atoms. The number of benzene rings is 1. The molecule has 1 aliphatic heterocycles. The Hall–Kier alpha value is -3.19. The highest BCUT2D eigenvalue weighted by Gasteiger charge is 2.23. The summed E-state index contributed by atoms with van der Waals surface area (Å²) in [5, 5.41) is 4.64. The highest BCUT2D eigenvalue weighted by atomic mass is 32.1. The fourth-order valence-corrected chi connectivity index (χ4v) is 5.08. The van der Waals surface area contributed by atoms with Crippen LogP contribution < -0.4 is 14.8 Å². The van der Waals surface area contributed by atoms with Gasteiger partial charge in [0, 0.05) is 34.6 Å². The number of hydrogen-bond acceptors (Lipinski definition) is 7. The molecule has 3 aromatic heterocycles. The summed E-state index contributed by atoms with van der Waals surface area (Å²) in [6.45, 7) is 0.264. The molecular formula is C21H16N4O2S. The molecule has 1 aromatic carbocycles.